The number of pyridine rings is 2. The molecule has 7 heteroatoms. The summed E-state index contributed by atoms with van der Waals surface area (Å²) in [6.45, 7) is 0. The Hall–Kier alpha value is -0.920. The normalized spacial score (nSPS) is 13.8. The number of nitrogen functional groups attached to an aromatic ring is 2. The largest absolute Gasteiger partial charge is 0.397 e. The van der Waals surface area contributed by atoms with E-state index in [-0.39, 0.29) is 0 Å². The van der Waals surface area contributed by atoms with E-state index < -0.39 is 0 Å². The van der Waals surface area contributed by atoms with E-state index in [9.17, 15) is 0 Å². The smallest absolute Gasteiger partial charge is 0.0634 e. The molecule has 0 spiro atoms. The molecule has 2 aromatic heterocycles. The molecular formula is C16H17Br3N4. The first kappa shape index (κ1) is 18.4. The topological polar surface area (TPSA) is 77.8 Å². The molecule has 0 radical (unpaired) electrons. The van der Waals surface area contributed by atoms with Crippen molar-refractivity contribution >= 4 is 64.7 Å². The van der Waals surface area contributed by atoms with Crippen molar-refractivity contribution in [3.05, 3.63) is 49.8 Å². The molecule has 2 heterocycles. The van der Waals surface area contributed by atoms with Gasteiger partial charge in [-0.15, -0.1) is 0 Å². The van der Waals surface area contributed by atoms with Gasteiger partial charge in [-0.25, -0.2) is 0 Å². The fourth-order valence-electron chi connectivity index (χ4n) is 2.20. The number of allylic oxidation sites excluding steroid dienone is 2. The summed E-state index contributed by atoms with van der Waals surface area (Å²) < 4.78 is 2.52. The van der Waals surface area contributed by atoms with Crippen LogP contribution in [0.4, 0.5) is 11.4 Å². The van der Waals surface area contributed by atoms with Crippen LogP contribution in [0.3, 0.4) is 0 Å². The molecule has 0 unspecified atom stereocenters. The summed E-state index contributed by atoms with van der Waals surface area (Å²) in [4.78, 5) is 8.02. The quantitative estimate of drug-likeness (QED) is 0.532. The van der Waals surface area contributed by atoms with E-state index in [1.54, 1.807) is 18.6 Å². The maximum absolute atomic E-state index is 5.99. The van der Waals surface area contributed by atoms with Crippen LogP contribution in [0.5, 0.6) is 0 Å². The fourth-order valence-corrected chi connectivity index (χ4v) is 3.47. The molecule has 3 rings (SSSR count). The standard InChI is InChI=1S/C11H13BrN2.C5H4Br2N2/c12-10-7-14-6-9(11(10)13)8-4-2-1-3-5-8;6-3-1-9-2-4(7)5(3)8/h4,6-7H,1-3,5H2,(H2,13,14);1-2H,(H2,8,9). The summed E-state index contributed by atoms with van der Waals surface area (Å²) in [5.41, 5.74) is 15.5. The van der Waals surface area contributed by atoms with Crippen LogP contribution in [0.2, 0.25) is 0 Å². The lowest BCUT2D eigenvalue weighted by atomic mass is 9.94. The van der Waals surface area contributed by atoms with Crippen LogP contribution in [0.15, 0.2) is 44.3 Å². The van der Waals surface area contributed by atoms with Crippen molar-refractivity contribution in [3.8, 4) is 0 Å². The van der Waals surface area contributed by atoms with Crippen molar-refractivity contribution in [1.82, 2.24) is 9.97 Å². The second-order valence-electron chi connectivity index (χ2n) is 5.07. The summed E-state index contributed by atoms with van der Waals surface area (Å²) in [7, 11) is 0. The van der Waals surface area contributed by atoms with Crippen LogP contribution < -0.4 is 11.5 Å². The van der Waals surface area contributed by atoms with E-state index in [1.807, 2.05) is 6.20 Å². The Morgan fingerprint density at radius 1 is 0.783 bits per heavy atom. The lowest BCUT2D eigenvalue weighted by Crippen LogP contribution is -1.99. The van der Waals surface area contributed by atoms with E-state index in [2.05, 4.69) is 63.8 Å². The molecule has 0 fully saturated rings. The summed E-state index contributed by atoms with van der Waals surface area (Å²) in [6.07, 6.45) is 14.0. The third kappa shape index (κ3) is 5.02. The SMILES string of the molecule is Nc1c(Br)cncc1Br.Nc1c(Br)cncc1C1=CCCCC1. The zero-order valence-electron chi connectivity index (χ0n) is 12.4. The molecule has 0 atom stereocenters. The Kier molecular flexibility index (Phi) is 7.05. The first-order valence-corrected chi connectivity index (χ1v) is 9.51. The van der Waals surface area contributed by atoms with Gasteiger partial charge in [-0.3, -0.25) is 9.97 Å². The minimum atomic E-state index is 0.685. The lowest BCUT2D eigenvalue weighted by Gasteiger charge is -2.14. The van der Waals surface area contributed by atoms with Crippen LogP contribution in [0.1, 0.15) is 31.2 Å². The number of hydrogen-bond donors (Lipinski definition) is 2. The summed E-state index contributed by atoms with van der Waals surface area (Å²) in [6, 6.07) is 0. The summed E-state index contributed by atoms with van der Waals surface area (Å²) in [5, 5.41) is 0. The average molecular weight is 505 g/mol. The molecule has 0 saturated carbocycles. The fraction of sp³-hybridized carbons (Fsp3) is 0.250. The van der Waals surface area contributed by atoms with Gasteiger partial charge in [0, 0.05) is 30.4 Å². The Morgan fingerprint density at radius 3 is 1.87 bits per heavy atom. The van der Waals surface area contributed by atoms with Gasteiger partial charge in [0.2, 0.25) is 0 Å². The zero-order chi connectivity index (χ0) is 16.8. The van der Waals surface area contributed by atoms with E-state index in [0.717, 1.165) is 31.1 Å². The molecular weight excluding hydrogens is 488 g/mol. The highest BCUT2D eigenvalue weighted by atomic mass is 79.9. The highest BCUT2D eigenvalue weighted by molar-refractivity contribution is 9.11. The van der Waals surface area contributed by atoms with Gasteiger partial charge in [0.1, 0.15) is 0 Å². The highest BCUT2D eigenvalue weighted by Gasteiger charge is 2.10. The average Bonchev–Trinajstić information content (AvgIpc) is 2.56. The molecule has 2 aromatic rings. The summed E-state index contributed by atoms with van der Waals surface area (Å²) in [5.74, 6) is 0. The number of rotatable bonds is 1. The Morgan fingerprint density at radius 2 is 1.35 bits per heavy atom. The van der Waals surface area contributed by atoms with Crippen molar-refractivity contribution in [2.75, 3.05) is 11.5 Å². The predicted octanol–water partition coefficient (Wildman–Crippen LogP) is 5.57. The number of aromatic nitrogens is 2. The van der Waals surface area contributed by atoms with E-state index >= 15 is 0 Å². The Bertz CT molecular complexity index is 696. The molecule has 0 bridgehead atoms. The molecule has 0 aliphatic heterocycles. The number of nitrogens with two attached hydrogens (primary N) is 2. The molecule has 122 valence electrons. The predicted molar refractivity (Wildman–Crippen MR) is 107 cm³/mol. The van der Waals surface area contributed by atoms with E-state index in [0.29, 0.717) is 5.69 Å². The number of hydrogen-bond acceptors (Lipinski definition) is 4. The molecule has 23 heavy (non-hydrogen) atoms. The Balaban J connectivity index is 0.000000185. The van der Waals surface area contributed by atoms with Gasteiger partial charge in [-0.05, 0) is 79.0 Å². The third-order valence-electron chi connectivity index (χ3n) is 3.47. The maximum Gasteiger partial charge on any atom is 0.0634 e. The molecule has 0 amide bonds. The zero-order valence-corrected chi connectivity index (χ0v) is 17.2. The first-order valence-electron chi connectivity index (χ1n) is 7.13. The molecule has 1 aliphatic carbocycles. The van der Waals surface area contributed by atoms with Gasteiger partial charge in [0.05, 0.1) is 24.8 Å². The van der Waals surface area contributed by atoms with Crippen LogP contribution >= 0.6 is 47.8 Å². The van der Waals surface area contributed by atoms with Crippen molar-refractivity contribution in [2.45, 2.75) is 25.7 Å². The van der Waals surface area contributed by atoms with Gasteiger partial charge in [0.15, 0.2) is 0 Å². The van der Waals surface area contributed by atoms with Gasteiger partial charge in [-0.2, -0.15) is 0 Å². The molecule has 0 aromatic carbocycles. The molecule has 4 N–H and O–H groups in total. The van der Waals surface area contributed by atoms with Gasteiger partial charge >= 0.3 is 0 Å². The van der Waals surface area contributed by atoms with Gasteiger partial charge in [0.25, 0.3) is 0 Å². The third-order valence-corrected chi connectivity index (χ3v) is 5.36. The first-order chi connectivity index (χ1) is 11.0. The van der Waals surface area contributed by atoms with Crippen LogP contribution in [-0.2, 0) is 0 Å². The second kappa shape index (κ2) is 8.80. The lowest BCUT2D eigenvalue weighted by molar-refractivity contribution is 0.742. The number of nitrogens with zero attached hydrogens (tertiary/aromatic N) is 2. The van der Waals surface area contributed by atoms with Crippen LogP contribution in [-0.4, -0.2) is 9.97 Å². The van der Waals surface area contributed by atoms with Crippen LogP contribution in [0, 0.1) is 0 Å². The van der Waals surface area contributed by atoms with Crippen molar-refractivity contribution < 1.29 is 0 Å². The van der Waals surface area contributed by atoms with E-state index in [1.165, 1.54) is 24.8 Å². The summed E-state index contributed by atoms with van der Waals surface area (Å²) >= 11 is 9.85. The molecule has 0 saturated heterocycles. The minimum absolute atomic E-state index is 0.685. The van der Waals surface area contributed by atoms with Crippen molar-refractivity contribution in [2.24, 2.45) is 0 Å². The van der Waals surface area contributed by atoms with Gasteiger partial charge < -0.3 is 11.5 Å². The van der Waals surface area contributed by atoms with Crippen molar-refractivity contribution in [3.63, 3.8) is 0 Å². The van der Waals surface area contributed by atoms with Crippen LogP contribution in [0.25, 0.3) is 5.57 Å². The molecule has 1 aliphatic rings. The highest BCUT2D eigenvalue weighted by Crippen LogP contribution is 2.32. The van der Waals surface area contributed by atoms with Crippen molar-refractivity contribution in [1.29, 1.82) is 0 Å². The van der Waals surface area contributed by atoms with E-state index in [4.69, 9.17) is 11.5 Å². The second-order valence-corrected chi connectivity index (χ2v) is 7.64. The Labute approximate surface area is 161 Å². The molecule has 4 nitrogen and oxygen atoms in total. The monoisotopic (exact) mass is 502 g/mol. The maximum atomic E-state index is 5.99. The number of halogens is 3. The number of anilines is 2. The minimum Gasteiger partial charge on any atom is -0.397 e. The van der Waals surface area contributed by atoms with Gasteiger partial charge in [-0.1, -0.05) is 6.08 Å².